The van der Waals surface area contributed by atoms with E-state index < -0.39 is 36.0 Å². The number of aliphatic hydroxyl groups is 5. The molecule has 0 heterocycles. The van der Waals surface area contributed by atoms with Crippen molar-refractivity contribution < 1.29 is 35.1 Å². The first kappa shape index (κ1) is 21.5. The van der Waals surface area contributed by atoms with E-state index in [-0.39, 0.29) is 13.1 Å². The van der Waals surface area contributed by atoms with E-state index >= 15 is 0 Å². The van der Waals surface area contributed by atoms with Gasteiger partial charge in [-0.05, 0) is 12.8 Å². The Labute approximate surface area is 134 Å². The Balaban J connectivity index is 4.54. The fourth-order valence-electron chi connectivity index (χ4n) is 1.81. The van der Waals surface area contributed by atoms with Gasteiger partial charge in [0.25, 0.3) is 11.7 Å². The average molecular weight is 337 g/mol. The van der Waals surface area contributed by atoms with Crippen LogP contribution >= 0.6 is 0 Å². The van der Waals surface area contributed by atoms with Crippen molar-refractivity contribution in [3.8, 4) is 0 Å². The van der Waals surface area contributed by atoms with Crippen molar-refractivity contribution in [3.63, 3.8) is 0 Å². The second-order valence-electron chi connectivity index (χ2n) is 5.31. The number of nitrogens with two attached hydrogens (primary N) is 1. The number of carbonyl (C=O) groups excluding carboxylic acids is 2. The minimum Gasteiger partial charge on any atom is -0.387 e. The van der Waals surface area contributed by atoms with Crippen molar-refractivity contribution in [2.75, 3.05) is 13.1 Å². The number of hydrogen-bond acceptors (Lipinski definition) is 7. The van der Waals surface area contributed by atoms with Gasteiger partial charge in [-0.25, -0.2) is 4.79 Å². The van der Waals surface area contributed by atoms with E-state index in [0.717, 1.165) is 19.3 Å². The minimum absolute atomic E-state index is 0.122. The molecule has 3 amide bonds. The van der Waals surface area contributed by atoms with Crippen molar-refractivity contribution >= 4 is 11.9 Å². The first-order valence-corrected chi connectivity index (χ1v) is 7.46. The third-order valence-corrected chi connectivity index (χ3v) is 3.33. The molecule has 136 valence electrons. The fraction of sp³-hybridized carbons (Fsp3) is 0.846. The summed E-state index contributed by atoms with van der Waals surface area (Å²) in [6.07, 6.45) is 0.767. The van der Waals surface area contributed by atoms with Crippen LogP contribution in [-0.4, -0.2) is 68.2 Å². The van der Waals surface area contributed by atoms with Crippen LogP contribution in [0.15, 0.2) is 0 Å². The quantitative estimate of drug-likeness (QED) is 0.151. The van der Waals surface area contributed by atoms with E-state index in [2.05, 4.69) is 10.6 Å². The van der Waals surface area contributed by atoms with Gasteiger partial charge in [-0.3, -0.25) is 4.79 Å². The molecule has 0 aromatic rings. The Morgan fingerprint density at radius 2 is 1.65 bits per heavy atom. The Morgan fingerprint density at radius 3 is 2.17 bits per heavy atom. The van der Waals surface area contributed by atoms with E-state index in [1.165, 1.54) is 0 Å². The maximum atomic E-state index is 11.7. The van der Waals surface area contributed by atoms with E-state index in [9.17, 15) is 35.1 Å². The molecule has 0 aliphatic carbocycles. The summed E-state index contributed by atoms with van der Waals surface area (Å²) in [6.45, 7) is 1.87. The van der Waals surface area contributed by atoms with Crippen LogP contribution in [0.1, 0.15) is 39.0 Å². The normalized spacial score (nSPS) is 13.5. The van der Waals surface area contributed by atoms with E-state index in [4.69, 9.17) is 5.73 Å². The Kier molecular flexibility index (Phi) is 9.02. The van der Waals surface area contributed by atoms with E-state index in [1.54, 1.807) is 0 Å². The Bertz CT molecular complexity index is 388. The van der Waals surface area contributed by atoms with Crippen LogP contribution in [0.2, 0.25) is 0 Å². The van der Waals surface area contributed by atoms with Crippen molar-refractivity contribution in [1.29, 1.82) is 0 Å². The lowest BCUT2D eigenvalue weighted by Crippen LogP contribution is -2.68. The molecular weight excluding hydrogens is 310 g/mol. The van der Waals surface area contributed by atoms with Crippen molar-refractivity contribution in [1.82, 2.24) is 10.6 Å². The summed E-state index contributed by atoms with van der Waals surface area (Å²) < 4.78 is 0. The van der Waals surface area contributed by atoms with Gasteiger partial charge in [-0.15, -0.1) is 0 Å². The molecule has 1 atom stereocenters. The topological polar surface area (TPSA) is 185 Å². The second kappa shape index (κ2) is 9.63. The maximum Gasteiger partial charge on any atom is 0.312 e. The number of rotatable bonds is 11. The smallest absolute Gasteiger partial charge is 0.312 e. The summed E-state index contributed by atoms with van der Waals surface area (Å²) in [5.41, 5.74) is 4.79. The molecule has 0 aliphatic rings. The molecule has 9 N–H and O–H groups in total. The highest BCUT2D eigenvalue weighted by molar-refractivity contribution is 5.84. The van der Waals surface area contributed by atoms with Gasteiger partial charge < -0.3 is 41.9 Å². The molecule has 0 bridgehead atoms. The second-order valence-corrected chi connectivity index (χ2v) is 5.31. The largest absolute Gasteiger partial charge is 0.387 e. The molecule has 0 saturated carbocycles. The van der Waals surface area contributed by atoms with Crippen LogP contribution in [0.3, 0.4) is 0 Å². The van der Waals surface area contributed by atoms with Crippen LogP contribution in [0.5, 0.6) is 0 Å². The molecule has 1 unspecified atom stereocenters. The van der Waals surface area contributed by atoms with Crippen LogP contribution in [0.25, 0.3) is 0 Å². The lowest BCUT2D eigenvalue weighted by atomic mass is 9.96. The number of hydrogen-bond donors (Lipinski definition) is 8. The number of primary amides is 1. The van der Waals surface area contributed by atoms with Crippen molar-refractivity contribution in [3.05, 3.63) is 0 Å². The lowest BCUT2D eigenvalue weighted by molar-refractivity contribution is -0.366. The van der Waals surface area contributed by atoms with E-state index in [0.29, 0.717) is 6.42 Å². The molecule has 0 aromatic carbocycles. The molecule has 10 heteroatoms. The van der Waals surface area contributed by atoms with Crippen molar-refractivity contribution in [2.45, 2.75) is 56.7 Å². The third-order valence-electron chi connectivity index (χ3n) is 3.33. The minimum atomic E-state index is -3.62. The highest BCUT2D eigenvalue weighted by atomic mass is 16.6. The maximum absolute atomic E-state index is 11.7. The Hall–Kier alpha value is -1.46. The van der Waals surface area contributed by atoms with E-state index in [1.807, 2.05) is 6.92 Å². The van der Waals surface area contributed by atoms with Gasteiger partial charge in [0, 0.05) is 13.1 Å². The van der Waals surface area contributed by atoms with Gasteiger partial charge in [0.2, 0.25) is 0 Å². The van der Waals surface area contributed by atoms with Crippen LogP contribution in [-0.2, 0) is 4.79 Å². The lowest BCUT2D eigenvalue weighted by Gasteiger charge is -2.36. The fourth-order valence-corrected chi connectivity index (χ4v) is 1.81. The number of nitrogens with one attached hydrogen (secondary N) is 2. The molecule has 23 heavy (non-hydrogen) atoms. The van der Waals surface area contributed by atoms with Gasteiger partial charge in [0.05, 0.1) is 0 Å². The first-order chi connectivity index (χ1) is 10.6. The highest BCUT2D eigenvalue weighted by Gasteiger charge is 2.57. The molecule has 0 aliphatic heterocycles. The monoisotopic (exact) mass is 337 g/mol. The van der Waals surface area contributed by atoms with Crippen LogP contribution in [0.4, 0.5) is 4.79 Å². The number of aliphatic hydroxyl groups excluding tert-OH is 1. The third kappa shape index (κ3) is 6.67. The summed E-state index contributed by atoms with van der Waals surface area (Å²) in [5.74, 6) is -8.59. The summed E-state index contributed by atoms with van der Waals surface area (Å²) in [5, 5.41) is 52.6. The number of amides is 3. The number of unbranched alkanes of at least 4 members (excludes halogenated alkanes) is 3. The summed E-state index contributed by atoms with van der Waals surface area (Å²) >= 11 is 0. The predicted molar refractivity (Wildman–Crippen MR) is 79.7 cm³/mol. The number of carbonyl (C=O) groups is 2. The molecular formula is C13H27N3O7. The predicted octanol–water partition coefficient (Wildman–Crippen LogP) is -2.54. The zero-order valence-corrected chi connectivity index (χ0v) is 13.2. The number of urea groups is 1. The molecule has 0 saturated heterocycles. The van der Waals surface area contributed by atoms with Gasteiger partial charge in [0.1, 0.15) is 6.10 Å². The standard InChI is InChI=1S/C13H27N3O7/c1-2-3-4-5-7-15-10(18)13(22,23)12(20,21)9(17)6-8-16-11(14)19/h9,17,20-23H,2-8H2,1H3,(H,15,18)(H3,14,16,19). The summed E-state index contributed by atoms with van der Waals surface area (Å²) in [4.78, 5) is 22.2. The Morgan fingerprint density at radius 1 is 1.04 bits per heavy atom. The first-order valence-electron chi connectivity index (χ1n) is 7.46. The van der Waals surface area contributed by atoms with Gasteiger partial charge in [0.15, 0.2) is 0 Å². The zero-order chi connectivity index (χ0) is 18.1. The van der Waals surface area contributed by atoms with Crippen LogP contribution < -0.4 is 16.4 Å². The summed E-state index contributed by atoms with van der Waals surface area (Å²) in [7, 11) is 0. The highest BCUT2D eigenvalue weighted by Crippen LogP contribution is 2.23. The van der Waals surface area contributed by atoms with Gasteiger partial charge in [-0.1, -0.05) is 26.2 Å². The van der Waals surface area contributed by atoms with Gasteiger partial charge in [-0.2, -0.15) is 0 Å². The zero-order valence-electron chi connectivity index (χ0n) is 13.2. The molecule has 0 fully saturated rings. The molecule has 0 aromatic heterocycles. The molecule has 0 spiro atoms. The van der Waals surface area contributed by atoms with Gasteiger partial charge >= 0.3 is 11.8 Å². The summed E-state index contributed by atoms with van der Waals surface area (Å²) in [6, 6.07) is -0.900. The van der Waals surface area contributed by atoms with Crippen molar-refractivity contribution in [2.24, 2.45) is 5.73 Å². The van der Waals surface area contributed by atoms with Crippen LogP contribution in [0, 0.1) is 0 Å². The molecule has 0 radical (unpaired) electrons. The SMILES string of the molecule is CCCCCCNC(=O)C(O)(O)C(O)(O)C(O)CCNC(N)=O. The molecule has 0 rings (SSSR count). The molecule has 10 nitrogen and oxygen atoms in total. The average Bonchev–Trinajstić information content (AvgIpc) is 2.45.